The fourth-order valence-corrected chi connectivity index (χ4v) is 2.40. The molecule has 2 N–H and O–H groups in total. The zero-order chi connectivity index (χ0) is 18.9. The molecule has 26 heavy (non-hydrogen) atoms. The SMILES string of the molecule is COc1cccc(C(=O)NCCNC(=O)COc2ccc(C)cc2C)c1. The van der Waals surface area contributed by atoms with Crippen LogP contribution in [0.25, 0.3) is 0 Å². The number of nitrogens with one attached hydrogen (secondary N) is 2. The van der Waals surface area contributed by atoms with Gasteiger partial charge in [-0.1, -0.05) is 23.8 Å². The van der Waals surface area contributed by atoms with Crippen molar-refractivity contribution in [3.05, 3.63) is 59.2 Å². The molecule has 6 heteroatoms. The molecule has 0 saturated heterocycles. The molecule has 0 aromatic heterocycles. The molecular formula is C20H24N2O4. The van der Waals surface area contributed by atoms with Crippen LogP contribution in [0, 0.1) is 13.8 Å². The van der Waals surface area contributed by atoms with Crippen molar-refractivity contribution in [1.82, 2.24) is 10.6 Å². The van der Waals surface area contributed by atoms with Crippen LogP contribution < -0.4 is 20.1 Å². The number of benzene rings is 2. The number of carbonyl (C=O) groups excluding carboxylic acids is 2. The van der Waals surface area contributed by atoms with Gasteiger partial charge >= 0.3 is 0 Å². The molecule has 2 amide bonds. The Morgan fingerprint density at radius 2 is 1.77 bits per heavy atom. The maximum atomic E-state index is 12.0. The van der Waals surface area contributed by atoms with Crippen LogP contribution in [0.2, 0.25) is 0 Å². The van der Waals surface area contributed by atoms with Gasteiger partial charge in [-0.05, 0) is 43.7 Å². The smallest absolute Gasteiger partial charge is 0.258 e. The number of rotatable bonds is 8. The van der Waals surface area contributed by atoms with E-state index in [0.29, 0.717) is 30.2 Å². The lowest BCUT2D eigenvalue weighted by molar-refractivity contribution is -0.123. The Labute approximate surface area is 153 Å². The van der Waals surface area contributed by atoms with Gasteiger partial charge in [-0.3, -0.25) is 9.59 Å². The maximum absolute atomic E-state index is 12.0. The minimum atomic E-state index is -0.236. The molecule has 0 unspecified atom stereocenters. The van der Waals surface area contributed by atoms with E-state index in [-0.39, 0.29) is 18.4 Å². The Morgan fingerprint density at radius 3 is 2.50 bits per heavy atom. The fourth-order valence-electron chi connectivity index (χ4n) is 2.40. The Hall–Kier alpha value is -3.02. The number of methoxy groups -OCH3 is 1. The number of hydrogen-bond donors (Lipinski definition) is 2. The summed E-state index contributed by atoms with van der Waals surface area (Å²) in [6.07, 6.45) is 0. The van der Waals surface area contributed by atoms with E-state index in [1.807, 2.05) is 32.0 Å². The van der Waals surface area contributed by atoms with Crippen LogP contribution in [0.1, 0.15) is 21.5 Å². The molecule has 2 aromatic rings. The van der Waals surface area contributed by atoms with E-state index in [1.165, 1.54) is 0 Å². The highest BCUT2D eigenvalue weighted by Gasteiger charge is 2.07. The molecule has 0 aliphatic rings. The molecule has 0 aliphatic heterocycles. The van der Waals surface area contributed by atoms with Crippen LogP contribution in [0.5, 0.6) is 11.5 Å². The number of aryl methyl sites for hydroxylation is 2. The van der Waals surface area contributed by atoms with Gasteiger partial charge in [-0.2, -0.15) is 0 Å². The van der Waals surface area contributed by atoms with Crippen molar-refractivity contribution < 1.29 is 19.1 Å². The van der Waals surface area contributed by atoms with Crippen LogP contribution in [0.3, 0.4) is 0 Å². The first-order valence-corrected chi connectivity index (χ1v) is 8.38. The fraction of sp³-hybridized carbons (Fsp3) is 0.300. The van der Waals surface area contributed by atoms with Crippen molar-refractivity contribution in [3.8, 4) is 11.5 Å². The van der Waals surface area contributed by atoms with Crippen LogP contribution in [0.4, 0.5) is 0 Å². The van der Waals surface area contributed by atoms with Crippen LogP contribution in [-0.2, 0) is 4.79 Å². The third kappa shape index (κ3) is 5.81. The number of ether oxygens (including phenoxy) is 2. The zero-order valence-corrected chi connectivity index (χ0v) is 15.3. The van der Waals surface area contributed by atoms with E-state index in [9.17, 15) is 9.59 Å². The molecule has 0 saturated carbocycles. The van der Waals surface area contributed by atoms with Crippen molar-refractivity contribution in [1.29, 1.82) is 0 Å². The van der Waals surface area contributed by atoms with Crippen molar-refractivity contribution >= 4 is 11.8 Å². The van der Waals surface area contributed by atoms with E-state index < -0.39 is 0 Å². The third-order valence-corrected chi connectivity index (χ3v) is 3.75. The standard InChI is InChI=1S/C20H24N2O4/c1-14-7-8-18(15(2)11-14)26-13-19(23)21-9-10-22-20(24)16-5-4-6-17(12-16)25-3/h4-8,11-12H,9-10,13H2,1-3H3,(H,21,23)(H,22,24). The Morgan fingerprint density at radius 1 is 1.00 bits per heavy atom. The first kappa shape index (κ1) is 19.3. The lowest BCUT2D eigenvalue weighted by Gasteiger charge is -2.11. The Bertz CT molecular complexity index is 774. The third-order valence-electron chi connectivity index (χ3n) is 3.75. The minimum Gasteiger partial charge on any atom is -0.497 e. The van der Waals surface area contributed by atoms with E-state index in [1.54, 1.807) is 31.4 Å². The summed E-state index contributed by atoms with van der Waals surface area (Å²) < 4.78 is 10.6. The summed E-state index contributed by atoms with van der Waals surface area (Å²) in [5.74, 6) is 0.858. The van der Waals surface area contributed by atoms with Gasteiger partial charge in [-0.15, -0.1) is 0 Å². The maximum Gasteiger partial charge on any atom is 0.258 e. The second kappa shape index (κ2) is 9.46. The molecule has 0 bridgehead atoms. The first-order chi connectivity index (χ1) is 12.5. The van der Waals surface area contributed by atoms with Gasteiger partial charge in [0.2, 0.25) is 0 Å². The number of hydrogen-bond acceptors (Lipinski definition) is 4. The van der Waals surface area contributed by atoms with Crippen molar-refractivity contribution in [2.24, 2.45) is 0 Å². The number of carbonyl (C=O) groups is 2. The average Bonchev–Trinajstić information content (AvgIpc) is 2.64. The summed E-state index contributed by atoms with van der Waals surface area (Å²) >= 11 is 0. The summed E-state index contributed by atoms with van der Waals surface area (Å²) in [4.78, 5) is 23.9. The van der Waals surface area contributed by atoms with Gasteiger partial charge in [-0.25, -0.2) is 0 Å². The molecule has 0 atom stereocenters. The lowest BCUT2D eigenvalue weighted by Crippen LogP contribution is -2.36. The molecule has 0 radical (unpaired) electrons. The molecule has 0 spiro atoms. The highest BCUT2D eigenvalue weighted by molar-refractivity contribution is 5.94. The summed E-state index contributed by atoms with van der Waals surface area (Å²) in [5, 5.41) is 5.45. The second-order valence-corrected chi connectivity index (χ2v) is 5.90. The van der Waals surface area contributed by atoms with Crippen LogP contribution in [0.15, 0.2) is 42.5 Å². The first-order valence-electron chi connectivity index (χ1n) is 8.38. The monoisotopic (exact) mass is 356 g/mol. The second-order valence-electron chi connectivity index (χ2n) is 5.90. The quantitative estimate of drug-likeness (QED) is 0.711. The van der Waals surface area contributed by atoms with Crippen molar-refractivity contribution in [3.63, 3.8) is 0 Å². The van der Waals surface area contributed by atoms with E-state index in [0.717, 1.165) is 11.1 Å². The highest BCUT2D eigenvalue weighted by Crippen LogP contribution is 2.18. The van der Waals surface area contributed by atoms with Gasteiger partial charge in [0, 0.05) is 18.7 Å². The normalized spacial score (nSPS) is 10.1. The van der Waals surface area contributed by atoms with Crippen molar-refractivity contribution in [2.75, 3.05) is 26.8 Å². The predicted molar refractivity (Wildman–Crippen MR) is 99.7 cm³/mol. The number of amides is 2. The topological polar surface area (TPSA) is 76.7 Å². The highest BCUT2D eigenvalue weighted by atomic mass is 16.5. The van der Waals surface area contributed by atoms with Gasteiger partial charge in [0.25, 0.3) is 11.8 Å². The van der Waals surface area contributed by atoms with Gasteiger partial charge in [0.1, 0.15) is 11.5 Å². The zero-order valence-electron chi connectivity index (χ0n) is 15.3. The average molecular weight is 356 g/mol. The van der Waals surface area contributed by atoms with Crippen LogP contribution in [-0.4, -0.2) is 38.6 Å². The molecule has 0 heterocycles. The molecule has 138 valence electrons. The van der Waals surface area contributed by atoms with E-state index in [4.69, 9.17) is 9.47 Å². The van der Waals surface area contributed by atoms with Gasteiger partial charge < -0.3 is 20.1 Å². The largest absolute Gasteiger partial charge is 0.497 e. The minimum absolute atomic E-state index is 0.0618. The molecule has 2 rings (SSSR count). The molecular weight excluding hydrogens is 332 g/mol. The Balaban J connectivity index is 1.68. The summed E-state index contributed by atoms with van der Waals surface area (Å²) in [6, 6.07) is 12.7. The predicted octanol–water partition coefficient (Wildman–Crippen LogP) is 2.24. The van der Waals surface area contributed by atoms with Gasteiger partial charge in [0.15, 0.2) is 6.61 Å². The molecule has 2 aromatic carbocycles. The van der Waals surface area contributed by atoms with E-state index in [2.05, 4.69) is 10.6 Å². The molecule has 6 nitrogen and oxygen atoms in total. The van der Waals surface area contributed by atoms with Crippen LogP contribution >= 0.6 is 0 Å². The Kier molecular flexibility index (Phi) is 7.02. The lowest BCUT2D eigenvalue weighted by atomic mass is 10.1. The summed E-state index contributed by atoms with van der Waals surface area (Å²) in [5.41, 5.74) is 2.64. The summed E-state index contributed by atoms with van der Waals surface area (Å²) in [7, 11) is 1.55. The molecule has 0 fully saturated rings. The van der Waals surface area contributed by atoms with Gasteiger partial charge in [0.05, 0.1) is 7.11 Å². The molecule has 0 aliphatic carbocycles. The van der Waals surface area contributed by atoms with E-state index >= 15 is 0 Å². The van der Waals surface area contributed by atoms with Crippen molar-refractivity contribution in [2.45, 2.75) is 13.8 Å². The summed E-state index contributed by atoms with van der Waals surface area (Å²) in [6.45, 7) is 4.53.